The fourth-order valence-electron chi connectivity index (χ4n) is 2.75. The van der Waals surface area contributed by atoms with Crippen LogP contribution in [0.25, 0.3) is 0 Å². The maximum atomic E-state index is 12.7. The van der Waals surface area contributed by atoms with Crippen molar-refractivity contribution < 1.29 is 14.3 Å². The molecule has 0 radical (unpaired) electrons. The molecule has 138 valence electrons. The molecular formula is C21H21N3O3. The molecule has 1 aliphatic rings. The lowest BCUT2D eigenvalue weighted by atomic mass is 10.0. The fraction of sp³-hybridized carbons (Fsp3) is 0.286. The second-order valence-electron chi connectivity index (χ2n) is 6.84. The highest BCUT2D eigenvalue weighted by molar-refractivity contribution is 6.17. The van der Waals surface area contributed by atoms with E-state index >= 15 is 0 Å². The van der Waals surface area contributed by atoms with Gasteiger partial charge in [0.05, 0.1) is 17.4 Å². The van der Waals surface area contributed by atoms with Gasteiger partial charge in [-0.25, -0.2) is 0 Å². The maximum Gasteiger partial charge on any atom is 0.240 e. The molecule has 1 saturated carbocycles. The molecule has 1 fully saturated rings. The number of hydrogen-bond acceptors (Lipinski definition) is 4. The number of rotatable bonds is 6. The lowest BCUT2D eigenvalue weighted by Gasteiger charge is -2.16. The van der Waals surface area contributed by atoms with E-state index in [0.29, 0.717) is 29.8 Å². The van der Waals surface area contributed by atoms with Crippen LogP contribution in [0.1, 0.15) is 32.3 Å². The van der Waals surface area contributed by atoms with Crippen LogP contribution in [-0.4, -0.2) is 17.9 Å². The molecule has 0 atom stereocenters. The second kappa shape index (κ2) is 7.50. The van der Waals surface area contributed by atoms with Gasteiger partial charge in [0.1, 0.15) is 17.2 Å². The standard InChI is InChI=1S/C21H21N3O3/c1-14(2)27-17-9-7-16(8-10-17)23-19(25)21(11-12-21)20(26)24-18-6-4-3-5-15(18)13-22/h3-10,14H,11-12H2,1-2H3,(H,23,25)(H,24,26). The molecule has 2 aromatic rings. The summed E-state index contributed by atoms with van der Waals surface area (Å²) in [7, 11) is 0. The van der Waals surface area contributed by atoms with Gasteiger partial charge in [-0.15, -0.1) is 0 Å². The molecule has 6 heteroatoms. The van der Waals surface area contributed by atoms with E-state index in [1.807, 2.05) is 19.9 Å². The van der Waals surface area contributed by atoms with Crippen LogP contribution >= 0.6 is 0 Å². The van der Waals surface area contributed by atoms with Gasteiger partial charge in [-0.2, -0.15) is 5.26 Å². The van der Waals surface area contributed by atoms with Crippen LogP contribution in [0.4, 0.5) is 11.4 Å². The van der Waals surface area contributed by atoms with Crippen LogP contribution in [0.2, 0.25) is 0 Å². The molecule has 0 aliphatic heterocycles. The summed E-state index contributed by atoms with van der Waals surface area (Å²) in [6.07, 6.45) is 1.03. The number of para-hydroxylation sites is 1. The minimum Gasteiger partial charge on any atom is -0.491 e. The zero-order valence-electron chi connectivity index (χ0n) is 15.3. The summed E-state index contributed by atoms with van der Waals surface area (Å²) in [5.74, 6) is -0.00980. The minimum absolute atomic E-state index is 0.0696. The van der Waals surface area contributed by atoms with Crippen molar-refractivity contribution >= 4 is 23.2 Å². The van der Waals surface area contributed by atoms with Gasteiger partial charge in [0, 0.05) is 5.69 Å². The fourth-order valence-corrected chi connectivity index (χ4v) is 2.75. The molecule has 0 heterocycles. The number of benzene rings is 2. The Morgan fingerprint density at radius 3 is 2.26 bits per heavy atom. The number of nitriles is 1. The molecule has 3 rings (SSSR count). The van der Waals surface area contributed by atoms with E-state index in [-0.39, 0.29) is 17.9 Å². The first-order valence-corrected chi connectivity index (χ1v) is 8.83. The first kappa shape index (κ1) is 18.5. The number of carbonyl (C=O) groups is 2. The molecule has 2 N–H and O–H groups in total. The van der Waals surface area contributed by atoms with E-state index in [0.717, 1.165) is 5.75 Å². The highest BCUT2D eigenvalue weighted by atomic mass is 16.5. The first-order chi connectivity index (χ1) is 12.9. The first-order valence-electron chi connectivity index (χ1n) is 8.83. The summed E-state index contributed by atoms with van der Waals surface area (Å²) >= 11 is 0. The topological polar surface area (TPSA) is 91.2 Å². The Morgan fingerprint density at radius 1 is 1.04 bits per heavy atom. The normalized spacial score (nSPS) is 14.1. The van der Waals surface area contributed by atoms with Crippen molar-refractivity contribution in [1.29, 1.82) is 5.26 Å². The van der Waals surface area contributed by atoms with Crippen LogP contribution in [0.3, 0.4) is 0 Å². The Bertz CT molecular complexity index is 894. The van der Waals surface area contributed by atoms with Gasteiger partial charge in [0.15, 0.2) is 0 Å². The largest absolute Gasteiger partial charge is 0.491 e. The zero-order valence-corrected chi connectivity index (χ0v) is 15.3. The maximum absolute atomic E-state index is 12.7. The number of hydrogen-bond donors (Lipinski definition) is 2. The van der Waals surface area contributed by atoms with Crippen LogP contribution in [0.5, 0.6) is 5.75 Å². The lowest BCUT2D eigenvalue weighted by molar-refractivity contribution is -0.131. The number of amides is 2. The van der Waals surface area contributed by atoms with Crippen molar-refractivity contribution in [2.45, 2.75) is 32.8 Å². The molecule has 0 bridgehead atoms. The summed E-state index contributed by atoms with van der Waals surface area (Å²) in [6, 6.07) is 15.8. The summed E-state index contributed by atoms with van der Waals surface area (Å²) in [5.41, 5.74) is 0.296. The summed E-state index contributed by atoms with van der Waals surface area (Å²) in [6.45, 7) is 3.88. The predicted molar refractivity (Wildman–Crippen MR) is 102 cm³/mol. The predicted octanol–water partition coefficient (Wildman–Crippen LogP) is 3.70. The quantitative estimate of drug-likeness (QED) is 0.766. The molecule has 0 unspecified atom stereocenters. The van der Waals surface area contributed by atoms with Gasteiger partial charge in [-0.1, -0.05) is 12.1 Å². The molecule has 2 aromatic carbocycles. The molecule has 0 saturated heterocycles. The Hall–Kier alpha value is -3.33. The van der Waals surface area contributed by atoms with Gasteiger partial charge in [0.25, 0.3) is 0 Å². The van der Waals surface area contributed by atoms with E-state index in [1.165, 1.54) is 0 Å². The van der Waals surface area contributed by atoms with Crippen LogP contribution in [-0.2, 0) is 9.59 Å². The summed E-state index contributed by atoms with van der Waals surface area (Å²) in [5, 5.41) is 14.7. The lowest BCUT2D eigenvalue weighted by Crippen LogP contribution is -2.35. The second-order valence-corrected chi connectivity index (χ2v) is 6.84. The monoisotopic (exact) mass is 363 g/mol. The SMILES string of the molecule is CC(C)Oc1ccc(NC(=O)C2(C(=O)Nc3ccccc3C#N)CC2)cc1. The summed E-state index contributed by atoms with van der Waals surface area (Å²) < 4.78 is 5.58. The zero-order chi connectivity index (χ0) is 19.4. The highest BCUT2D eigenvalue weighted by Crippen LogP contribution is 2.47. The average molecular weight is 363 g/mol. The van der Waals surface area contributed by atoms with Gasteiger partial charge >= 0.3 is 0 Å². The third kappa shape index (κ3) is 4.09. The number of ether oxygens (including phenoxy) is 1. The van der Waals surface area contributed by atoms with E-state index in [4.69, 9.17) is 10.00 Å². The molecule has 1 aliphatic carbocycles. The minimum atomic E-state index is -1.09. The average Bonchev–Trinajstić information content (AvgIpc) is 3.45. The molecule has 0 spiro atoms. The highest BCUT2D eigenvalue weighted by Gasteiger charge is 2.56. The molecule has 2 amide bonds. The van der Waals surface area contributed by atoms with Crippen LogP contribution in [0, 0.1) is 16.7 Å². The van der Waals surface area contributed by atoms with E-state index in [9.17, 15) is 9.59 Å². The van der Waals surface area contributed by atoms with Crippen molar-refractivity contribution in [1.82, 2.24) is 0 Å². The number of anilines is 2. The molecule has 27 heavy (non-hydrogen) atoms. The van der Waals surface area contributed by atoms with Gasteiger partial charge in [-0.05, 0) is 63.1 Å². The Morgan fingerprint density at radius 2 is 1.67 bits per heavy atom. The van der Waals surface area contributed by atoms with Gasteiger partial charge < -0.3 is 15.4 Å². The van der Waals surface area contributed by atoms with Crippen LogP contribution < -0.4 is 15.4 Å². The van der Waals surface area contributed by atoms with E-state index in [1.54, 1.807) is 48.5 Å². The molecule has 6 nitrogen and oxygen atoms in total. The van der Waals surface area contributed by atoms with Crippen molar-refractivity contribution in [3.63, 3.8) is 0 Å². The number of nitrogens with zero attached hydrogens (tertiary/aromatic N) is 1. The van der Waals surface area contributed by atoms with Crippen molar-refractivity contribution in [3.8, 4) is 11.8 Å². The third-order valence-electron chi connectivity index (χ3n) is 4.40. The summed E-state index contributed by atoms with van der Waals surface area (Å²) in [4.78, 5) is 25.3. The van der Waals surface area contributed by atoms with Crippen LogP contribution in [0.15, 0.2) is 48.5 Å². The van der Waals surface area contributed by atoms with E-state index < -0.39 is 5.41 Å². The van der Waals surface area contributed by atoms with Crippen molar-refractivity contribution in [2.24, 2.45) is 5.41 Å². The number of carbonyl (C=O) groups excluding carboxylic acids is 2. The smallest absolute Gasteiger partial charge is 0.240 e. The van der Waals surface area contributed by atoms with Crippen molar-refractivity contribution in [2.75, 3.05) is 10.6 Å². The number of nitrogens with one attached hydrogen (secondary N) is 2. The van der Waals surface area contributed by atoms with Gasteiger partial charge in [-0.3, -0.25) is 9.59 Å². The Labute approximate surface area is 158 Å². The third-order valence-corrected chi connectivity index (χ3v) is 4.40. The Kier molecular flexibility index (Phi) is 5.13. The molecular weight excluding hydrogens is 342 g/mol. The Balaban J connectivity index is 1.67. The van der Waals surface area contributed by atoms with E-state index in [2.05, 4.69) is 10.6 Å². The molecule has 0 aromatic heterocycles. The van der Waals surface area contributed by atoms with Gasteiger partial charge in [0.2, 0.25) is 11.8 Å². The van der Waals surface area contributed by atoms with Crippen molar-refractivity contribution in [3.05, 3.63) is 54.1 Å².